The highest BCUT2D eigenvalue weighted by Crippen LogP contribution is 2.25. The molecular weight excluding hydrogens is 290 g/mol. The number of hydrogen-bond donors (Lipinski definition) is 0. The zero-order chi connectivity index (χ0) is 15.4. The van der Waals surface area contributed by atoms with E-state index < -0.39 is 0 Å². The van der Waals surface area contributed by atoms with Crippen LogP contribution in [0.2, 0.25) is 0 Å². The first kappa shape index (κ1) is 15.4. The molecule has 22 heavy (non-hydrogen) atoms. The van der Waals surface area contributed by atoms with E-state index in [1.54, 1.807) is 11.8 Å². The molecule has 0 atom stereocenters. The van der Waals surface area contributed by atoms with Crippen molar-refractivity contribution in [2.24, 2.45) is 0 Å². The van der Waals surface area contributed by atoms with E-state index in [1.165, 1.54) is 47.8 Å². The third-order valence-corrected chi connectivity index (χ3v) is 5.58. The van der Waals surface area contributed by atoms with Crippen molar-refractivity contribution in [1.29, 1.82) is 0 Å². The number of rotatable bonds is 4. The molecule has 1 fully saturated rings. The third kappa shape index (κ3) is 3.64. The van der Waals surface area contributed by atoms with Gasteiger partial charge in [-0.2, -0.15) is 0 Å². The van der Waals surface area contributed by atoms with Crippen molar-refractivity contribution >= 4 is 28.4 Å². The van der Waals surface area contributed by atoms with Crippen LogP contribution in [0.4, 0.5) is 0 Å². The summed E-state index contributed by atoms with van der Waals surface area (Å²) in [5.74, 6) is 0.788. The molecule has 0 saturated heterocycles. The average molecular weight is 313 g/mol. The standard InChI is InChI=1S/C19H23NOS/c1-20(17-9-3-2-4-10-17)19(21)14-22-18-12-11-15-7-5-6-8-16(15)13-18/h5-8,11-13,17H,2-4,9-10,14H2,1H3. The molecule has 3 heteroatoms. The fourth-order valence-electron chi connectivity index (χ4n) is 3.18. The van der Waals surface area contributed by atoms with Gasteiger partial charge in [0.1, 0.15) is 0 Å². The van der Waals surface area contributed by atoms with E-state index in [-0.39, 0.29) is 5.91 Å². The van der Waals surface area contributed by atoms with Gasteiger partial charge in [0.05, 0.1) is 5.75 Å². The van der Waals surface area contributed by atoms with Crippen LogP contribution in [0, 0.1) is 0 Å². The number of amides is 1. The van der Waals surface area contributed by atoms with E-state index in [2.05, 4.69) is 42.5 Å². The molecule has 1 aliphatic rings. The van der Waals surface area contributed by atoms with Crippen molar-refractivity contribution in [2.75, 3.05) is 12.8 Å². The van der Waals surface area contributed by atoms with Gasteiger partial charge in [-0.25, -0.2) is 0 Å². The number of nitrogens with zero attached hydrogens (tertiary/aromatic N) is 1. The Balaban J connectivity index is 1.59. The van der Waals surface area contributed by atoms with Gasteiger partial charge in [-0.3, -0.25) is 4.79 Å². The molecule has 0 aliphatic heterocycles. The first-order valence-electron chi connectivity index (χ1n) is 8.11. The Kier molecular flexibility index (Phi) is 5.04. The minimum Gasteiger partial charge on any atom is -0.342 e. The third-order valence-electron chi connectivity index (χ3n) is 4.60. The smallest absolute Gasteiger partial charge is 0.232 e. The first-order valence-corrected chi connectivity index (χ1v) is 9.10. The predicted octanol–water partition coefficient (Wildman–Crippen LogP) is 4.72. The molecule has 0 N–H and O–H groups in total. The molecule has 0 bridgehead atoms. The molecule has 116 valence electrons. The van der Waals surface area contributed by atoms with Crippen LogP contribution < -0.4 is 0 Å². The zero-order valence-electron chi connectivity index (χ0n) is 13.1. The average Bonchev–Trinajstić information content (AvgIpc) is 2.59. The second-order valence-corrected chi connectivity index (χ2v) is 7.14. The van der Waals surface area contributed by atoms with Crippen LogP contribution in [0.15, 0.2) is 47.4 Å². The fraction of sp³-hybridized carbons (Fsp3) is 0.421. The predicted molar refractivity (Wildman–Crippen MR) is 94.3 cm³/mol. The molecule has 0 aromatic heterocycles. The van der Waals surface area contributed by atoms with Crippen LogP contribution in [0.5, 0.6) is 0 Å². The Morgan fingerprint density at radius 3 is 2.59 bits per heavy atom. The van der Waals surface area contributed by atoms with Gasteiger partial charge in [0.15, 0.2) is 0 Å². The summed E-state index contributed by atoms with van der Waals surface area (Å²) >= 11 is 1.64. The van der Waals surface area contributed by atoms with Gasteiger partial charge in [0.25, 0.3) is 0 Å². The molecule has 0 spiro atoms. The summed E-state index contributed by atoms with van der Waals surface area (Å²) in [7, 11) is 1.97. The summed E-state index contributed by atoms with van der Waals surface area (Å²) in [4.78, 5) is 15.5. The topological polar surface area (TPSA) is 20.3 Å². The lowest BCUT2D eigenvalue weighted by Gasteiger charge is -2.31. The Morgan fingerprint density at radius 1 is 1.09 bits per heavy atom. The lowest BCUT2D eigenvalue weighted by atomic mass is 9.94. The molecule has 2 aromatic rings. The van der Waals surface area contributed by atoms with Gasteiger partial charge >= 0.3 is 0 Å². The van der Waals surface area contributed by atoms with Crippen LogP contribution in [0.25, 0.3) is 10.8 Å². The van der Waals surface area contributed by atoms with Crippen LogP contribution >= 0.6 is 11.8 Å². The number of benzene rings is 2. The lowest BCUT2D eigenvalue weighted by molar-refractivity contribution is -0.129. The summed E-state index contributed by atoms with van der Waals surface area (Å²) < 4.78 is 0. The molecule has 1 aliphatic carbocycles. The number of fused-ring (bicyclic) bond motifs is 1. The first-order chi connectivity index (χ1) is 10.7. The highest BCUT2D eigenvalue weighted by atomic mass is 32.2. The van der Waals surface area contributed by atoms with Gasteiger partial charge in [-0.1, -0.05) is 49.6 Å². The molecule has 3 rings (SSSR count). The number of carbonyl (C=O) groups excluding carboxylic acids is 1. The molecule has 0 heterocycles. The Labute approximate surface area is 136 Å². The van der Waals surface area contributed by atoms with E-state index in [1.807, 2.05) is 11.9 Å². The monoisotopic (exact) mass is 313 g/mol. The van der Waals surface area contributed by atoms with Crippen LogP contribution in [-0.2, 0) is 4.79 Å². The van der Waals surface area contributed by atoms with E-state index in [0.717, 1.165) is 0 Å². The summed E-state index contributed by atoms with van der Waals surface area (Å²) in [5, 5.41) is 2.48. The van der Waals surface area contributed by atoms with Crippen LogP contribution in [0.1, 0.15) is 32.1 Å². The minimum absolute atomic E-state index is 0.255. The maximum Gasteiger partial charge on any atom is 0.232 e. The van der Waals surface area contributed by atoms with Gasteiger partial charge in [-0.05, 0) is 35.7 Å². The van der Waals surface area contributed by atoms with Crippen molar-refractivity contribution in [2.45, 2.75) is 43.0 Å². The van der Waals surface area contributed by atoms with Crippen molar-refractivity contribution in [1.82, 2.24) is 4.90 Å². The quantitative estimate of drug-likeness (QED) is 0.761. The molecule has 0 unspecified atom stereocenters. The zero-order valence-corrected chi connectivity index (χ0v) is 13.9. The van der Waals surface area contributed by atoms with Crippen molar-refractivity contribution in [3.63, 3.8) is 0 Å². The summed E-state index contributed by atoms with van der Waals surface area (Å²) in [6.45, 7) is 0. The maximum atomic E-state index is 12.4. The van der Waals surface area contributed by atoms with E-state index in [4.69, 9.17) is 0 Å². The van der Waals surface area contributed by atoms with Crippen LogP contribution in [-0.4, -0.2) is 29.6 Å². The molecular formula is C19H23NOS. The van der Waals surface area contributed by atoms with Gasteiger partial charge in [0, 0.05) is 18.0 Å². The minimum atomic E-state index is 0.255. The maximum absolute atomic E-state index is 12.4. The second kappa shape index (κ2) is 7.19. The SMILES string of the molecule is CN(C(=O)CSc1ccc2ccccc2c1)C1CCCCC1. The molecule has 1 amide bonds. The van der Waals surface area contributed by atoms with E-state index in [0.29, 0.717) is 11.8 Å². The highest BCUT2D eigenvalue weighted by molar-refractivity contribution is 8.00. The number of carbonyl (C=O) groups is 1. The van der Waals surface area contributed by atoms with Crippen molar-refractivity contribution in [3.05, 3.63) is 42.5 Å². The van der Waals surface area contributed by atoms with E-state index >= 15 is 0 Å². The van der Waals surface area contributed by atoms with Crippen molar-refractivity contribution < 1.29 is 4.79 Å². The van der Waals surface area contributed by atoms with Crippen LogP contribution in [0.3, 0.4) is 0 Å². The molecule has 2 nitrogen and oxygen atoms in total. The Morgan fingerprint density at radius 2 is 1.82 bits per heavy atom. The lowest BCUT2D eigenvalue weighted by Crippen LogP contribution is -2.39. The highest BCUT2D eigenvalue weighted by Gasteiger charge is 2.21. The number of hydrogen-bond acceptors (Lipinski definition) is 2. The van der Waals surface area contributed by atoms with Crippen molar-refractivity contribution in [3.8, 4) is 0 Å². The second-order valence-electron chi connectivity index (χ2n) is 6.09. The molecule has 2 aromatic carbocycles. The van der Waals surface area contributed by atoms with Gasteiger partial charge in [0.2, 0.25) is 5.91 Å². The van der Waals surface area contributed by atoms with E-state index in [9.17, 15) is 4.79 Å². The Bertz CT molecular complexity index is 649. The van der Waals surface area contributed by atoms with Gasteiger partial charge in [-0.15, -0.1) is 11.8 Å². The molecule has 1 saturated carbocycles. The fourth-order valence-corrected chi connectivity index (χ4v) is 4.04. The number of thioether (sulfide) groups is 1. The largest absolute Gasteiger partial charge is 0.342 e. The molecule has 0 radical (unpaired) electrons. The van der Waals surface area contributed by atoms with Gasteiger partial charge < -0.3 is 4.90 Å². The Hall–Kier alpha value is -1.48. The summed E-state index contributed by atoms with van der Waals surface area (Å²) in [6, 6.07) is 15.2. The summed E-state index contributed by atoms with van der Waals surface area (Å²) in [6.07, 6.45) is 6.19. The normalized spacial score (nSPS) is 15.9. The summed E-state index contributed by atoms with van der Waals surface area (Å²) in [5.41, 5.74) is 0.